The molecule has 2 amide bonds. The Balaban J connectivity index is 1.57. The number of aromatic nitrogens is 5. The number of carbonyl (C=O) groups is 2. The molecule has 16 heteroatoms. The van der Waals surface area contributed by atoms with Crippen molar-refractivity contribution in [2.24, 2.45) is 24.1 Å². The van der Waals surface area contributed by atoms with E-state index in [1.165, 1.54) is 6.20 Å². The summed E-state index contributed by atoms with van der Waals surface area (Å²) in [6.07, 6.45) is 8.01. The van der Waals surface area contributed by atoms with Gasteiger partial charge in [-0.15, -0.1) is 5.11 Å². The molecule has 0 bridgehead atoms. The molecular weight excluding hydrogens is 476 g/mol. The molecule has 1 aliphatic carbocycles. The number of aryl methyl sites for hydroxylation is 1. The highest BCUT2D eigenvalue weighted by atomic mass is 16.2. The van der Waals surface area contributed by atoms with E-state index in [1.807, 2.05) is 18.1 Å². The van der Waals surface area contributed by atoms with E-state index < -0.39 is 11.3 Å². The van der Waals surface area contributed by atoms with Gasteiger partial charge in [0.25, 0.3) is 5.91 Å². The van der Waals surface area contributed by atoms with Crippen LogP contribution in [0.4, 0.5) is 5.69 Å². The predicted molar refractivity (Wildman–Crippen MR) is 157 cm³/mol. The Labute approximate surface area is 225 Å². The quantitative estimate of drug-likeness (QED) is 0.312. The summed E-state index contributed by atoms with van der Waals surface area (Å²) in [6, 6.07) is 2.04. The minimum absolute atomic E-state index is 0.0302. The minimum Gasteiger partial charge on any atom is -0.376 e. The molecule has 1 aliphatic heterocycles. The summed E-state index contributed by atoms with van der Waals surface area (Å²) in [7, 11) is 12.8. The number of rotatable bonds is 7. The highest BCUT2D eigenvalue weighted by Crippen LogP contribution is 2.52. The number of nitrogens with two attached hydrogens (primary N) is 1. The molecular formula is C22H30B5N9O2. The number of primary amides is 1. The summed E-state index contributed by atoms with van der Waals surface area (Å²) in [5.74, 6) is -0.691. The molecule has 1 saturated heterocycles. The fourth-order valence-electron chi connectivity index (χ4n) is 5.35. The van der Waals surface area contributed by atoms with Crippen LogP contribution in [-0.4, -0.2) is 99.5 Å². The summed E-state index contributed by atoms with van der Waals surface area (Å²) in [5, 5.41) is 21.6. The van der Waals surface area contributed by atoms with Gasteiger partial charge in [0.05, 0.1) is 80.8 Å². The molecule has 0 spiro atoms. The zero-order chi connectivity index (χ0) is 27.6. The molecule has 38 heavy (non-hydrogen) atoms. The van der Waals surface area contributed by atoms with Gasteiger partial charge in [0.2, 0.25) is 5.91 Å². The van der Waals surface area contributed by atoms with E-state index in [9.17, 15) is 14.9 Å². The molecule has 1 saturated carbocycles. The van der Waals surface area contributed by atoms with Crippen LogP contribution in [0.15, 0.2) is 24.8 Å². The van der Waals surface area contributed by atoms with Crippen LogP contribution in [0.2, 0.25) is 10.3 Å². The van der Waals surface area contributed by atoms with E-state index in [1.54, 1.807) is 21.6 Å². The van der Waals surface area contributed by atoms with Gasteiger partial charge in [-0.2, -0.15) is 15.5 Å². The first-order chi connectivity index (χ1) is 17.8. The summed E-state index contributed by atoms with van der Waals surface area (Å²) in [6.45, 7) is 0.933. The number of nitrogens with zero attached hydrogens (tertiary/aromatic N) is 7. The van der Waals surface area contributed by atoms with Crippen molar-refractivity contribution in [1.82, 2.24) is 29.3 Å². The lowest BCUT2D eigenvalue weighted by Gasteiger charge is -2.47. The molecule has 2 fully saturated rings. The van der Waals surface area contributed by atoms with Crippen molar-refractivity contribution in [3.05, 3.63) is 30.4 Å². The molecule has 190 valence electrons. The Morgan fingerprint density at radius 2 is 1.87 bits per heavy atom. The maximum Gasteiger partial charge on any atom is 0.252 e. The monoisotopic (exact) mass is 507 g/mol. The topological polar surface area (TPSA) is 147 Å². The largest absolute Gasteiger partial charge is 0.376 e. The average Bonchev–Trinajstić information content (AvgIpc) is 3.15. The number of likely N-dealkylation sites (tertiary alicyclic amines) is 1. The Morgan fingerprint density at radius 3 is 2.42 bits per heavy atom. The number of nitriles is 1. The van der Waals surface area contributed by atoms with Gasteiger partial charge >= 0.3 is 0 Å². The fraction of sp³-hybridized carbons (Fsp3) is 0.455. The standard InChI is InChI=1S/C22H30B5N9O2/c1-34-6-11(4-30-34)14-9-36-18(33-14)16(12(5-31-36)17(29)37)32-15-8-35(19(38)20(10-28)2-3-20)7-13(15)21(23,24)22(25,26)27/h4-6,9,13,15,32H,2-3,7-8,23-27H2,1H3,(H2,29,37). The third-order valence-corrected chi connectivity index (χ3v) is 8.93. The lowest BCUT2D eigenvalue weighted by atomic mass is 9.20. The van der Waals surface area contributed by atoms with Crippen LogP contribution >= 0.6 is 0 Å². The summed E-state index contributed by atoms with van der Waals surface area (Å²) in [5.41, 5.74) is 7.55. The van der Waals surface area contributed by atoms with Crippen molar-refractivity contribution in [3.63, 3.8) is 0 Å². The maximum absolute atomic E-state index is 13.4. The Kier molecular flexibility index (Phi) is 5.97. The van der Waals surface area contributed by atoms with Crippen LogP contribution in [0.1, 0.15) is 23.2 Å². The predicted octanol–water partition coefficient (Wildman–Crippen LogP) is -3.87. The number of hydrogen-bond acceptors (Lipinski definition) is 7. The van der Waals surface area contributed by atoms with E-state index in [0.717, 1.165) is 5.56 Å². The normalized spacial score (nSPS) is 20.8. The molecule has 2 atom stereocenters. The van der Waals surface area contributed by atoms with E-state index in [2.05, 4.69) is 60.8 Å². The number of amides is 2. The molecule has 2 aliphatic rings. The van der Waals surface area contributed by atoms with Crippen molar-refractivity contribution in [2.45, 2.75) is 29.2 Å². The van der Waals surface area contributed by atoms with Crippen LogP contribution in [0.3, 0.4) is 0 Å². The Morgan fingerprint density at radius 1 is 1.16 bits per heavy atom. The van der Waals surface area contributed by atoms with E-state index >= 15 is 0 Å². The van der Waals surface area contributed by atoms with Crippen LogP contribution in [0.5, 0.6) is 0 Å². The summed E-state index contributed by atoms with van der Waals surface area (Å²) < 4.78 is 3.31. The number of carbonyl (C=O) groups excluding carboxylic acids is 2. The summed E-state index contributed by atoms with van der Waals surface area (Å²) in [4.78, 5) is 32.5. The third kappa shape index (κ3) is 4.18. The molecule has 3 aromatic rings. The molecule has 3 aromatic heterocycles. The number of nitrogens with one attached hydrogen (secondary N) is 1. The summed E-state index contributed by atoms with van der Waals surface area (Å²) >= 11 is 0. The SMILES string of the molecule is BC(B)(B)C(B)(B)C1CN(C(=O)C2(C#N)CC2)CC1Nc1c(C(N)=O)cnn2cc(-c3cnn(C)c3)nc12. The molecule has 4 heterocycles. The molecule has 0 aromatic carbocycles. The van der Waals surface area contributed by atoms with Crippen molar-refractivity contribution >= 4 is 62.4 Å². The number of fused-ring (bicyclic) bond motifs is 1. The third-order valence-electron chi connectivity index (χ3n) is 8.93. The lowest BCUT2D eigenvalue weighted by Crippen LogP contribution is -2.46. The zero-order valence-corrected chi connectivity index (χ0v) is 22.8. The number of imidazole rings is 1. The van der Waals surface area contributed by atoms with Crippen LogP contribution < -0.4 is 11.1 Å². The molecule has 5 rings (SSSR count). The molecule has 11 nitrogen and oxygen atoms in total. The molecule has 3 N–H and O–H groups in total. The van der Waals surface area contributed by atoms with E-state index in [0.29, 0.717) is 43.0 Å². The van der Waals surface area contributed by atoms with Gasteiger partial charge in [0, 0.05) is 37.9 Å². The van der Waals surface area contributed by atoms with Gasteiger partial charge in [-0.1, -0.05) is 5.21 Å². The van der Waals surface area contributed by atoms with Crippen molar-refractivity contribution in [3.8, 4) is 17.3 Å². The minimum atomic E-state index is -0.894. The van der Waals surface area contributed by atoms with Crippen LogP contribution in [0, 0.1) is 22.7 Å². The maximum atomic E-state index is 13.4. The van der Waals surface area contributed by atoms with Crippen LogP contribution in [-0.2, 0) is 11.8 Å². The van der Waals surface area contributed by atoms with E-state index in [4.69, 9.17) is 10.7 Å². The molecule has 0 radical (unpaired) electrons. The van der Waals surface area contributed by atoms with Crippen LogP contribution in [0.25, 0.3) is 16.9 Å². The van der Waals surface area contributed by atoms with Crippen molar-refractivity contribution in [1.29, 1.82) is 5.26 Å². The van der Waals surface area contributed by atoms with Gasteiger partial charge in [-0.3, -0.25) is 14.3 Å². The van der Waals surface area contributed by atoms with Gasteiger partial charge in [0.15, 0.2) is 5.65 Å². The number of hydrogen-bond donors (Lipinski definition) is 2. The first kappa shape index (κ1) is 26.0. The molecule has 2 unspecified atom stereocenters. The first-order valence-electron chi connectivity index (χ1n) is 12.9. The van der Waals surface area contributed by atoms with Gasteiger partial charge in [0.1, 0.15) is 5.41 Å². The van der Waals surface area contributed by atoms with Gasteiger partial charge in [-0.25, -0.2) is 9.50 Å². The second-order valence-corrected chi connectivity index (χ2v) is 12.3. The van der Waals surface area contributed by atoms with Crippen molar-refractivity contribution in [2.75, 3.05) is 18.4 Å². The highest BCUT2D eigenvalue weighted by Gasteiger charge is 2.56. The second-order valence-electron chi connectivity index (χ2n) is 12.3. The Bertz CT molecular complexity index is 1480. The zero-order valence-electron chi connectivity index (χ0n) is 22.8. The number of anilines is 1. The lowest BCUT2D eigenvalue weighted by molar-refractivity contribution is -0.134. The fourth-order valence-corrected chi connectivity index (χ4v) is 5.35. The first-order valence-corrected chi connectivity index (χ1v) is 12.9. The average molecular weight is 507 g/mol. The second kappa shape index (κ2) is 8.71. The van der Waals surface area contributed by atoms with Gasteiger partial charge in [-0.05, 0) is 18.8 Å². The smallest absolute Gasteiger partial charge is 0.252 e. The van der Waals surface area contributed by atoms with Gasteiger partial charge < -0.3 is 16.0 Å². The van der Waals surface area contributed by atoms with Crippen molar-refractivity contribution < 1.29 is 9.59 Å². The van der Waals surface area contributed by atoms with E-state index in [-0.39, 0.29) is 33.8 Å². The Hall–Kier alpha value is -3.62. The highest BCUT2D eigenvalue weighted by molar-refractivity contribution is 6.67.